The summed E-state index contributed by atoms with van der Waals surface area (Å²) in [7, 11) is 0. The molecular formula is C16H17N3O. The number of nitrogens with two attached hydrogens (primary N) is 1. The van der Waals surface area contributed by atoms with Crippen molar-refractivity contribution in [2.24, 2.45) is 0 Å². The van der Waals surface area contributed by atoms with Gasteiger partial charge in [-0.1, -0.05) is 39.0 Å². The molecule has 0 unspecified atom stereocenters. The Morgan fingerprint density at radius 1 is 1.00 bits per heavy atom. The van der Waals surface area contributed by atoms with Crippen LogP contribution < -0.4 is 5.73 Å². The van der Waals surface area contributed by atoms with Crippen LogP contribution in [0, 0.1) is 0 Å². The van der Waals surface area contributed by atoms with E-state index in [-0.39, 0.29) is 17.2 Å². The average molecular weight is 267 g/mol. The molecule has 0 saturated heterocycles. The van der Waals surface area contributed by atoms with E-state index in [2.05, 4.69) is 48.9 Å². The summed E-state index contributed by atoms with van der Waals surface area (Å²) in [6.45, 7) is 6.53. The monoisotopic (exact) mass is 267 g/mol. The average Bonchev–Trinajstić information content (AvgIpc) is 2.35. The smallest absolute Gasteiger partial charge is 0.223 e. The molecule has 3 aromatic rings. The molecular weight excluding hydrogens is 250 g/mol. The van der Waals surface area contributed by atoms with Crippen molar-refractivity contribution < 1.29 is 5.11 Å². The van der Waals surface area contributed by atoms with E-state index in [0.29, 0.717) is 10.9 Å². The van der Waals surface area contributed by atoms with Crippen LogP contribution in [-0.4, -0.2) is 15.1 Å². The fourth-order valence-corrected chi connectivity index (χ4v) is 2.34. The second-order valence-electron chi connectivity index (χ2n) is 6.09. The van der Waals surface area contributed by atoms with Crippen molar-refractivity contribution >= 4 is 27.6 Å². The van der Waals surface area contributed by atoms with Crippen molar-refractivity contribution in [1.29, 1.82) is 0 Å². The minimum atomic E-state index is -0.0736. The highest BCUT2D eigenvalue weighted by molar-refractivity contribution is 5.99. The molecule has 2 aromatic carbocycles. The van der Waals surface area contributed by atoms with Crippen molar-refractivity contribution in [3.05, 3.63) is 35.9 Å². The first-order valence-electron chi connectivity index (χ1n) is 6.55. The first-order chi connectivity index (χ1) is 9.34. The third-order valence-corrected chi connectivity index (χ3v) is 3.52. The largest absolute Gasteiger partial charge is 0.493 e. The standard InChI is InChI=1S/C16H17N3O/c1-16(2,3)11-5-4-9-8-13-12(7-10(9)6-11)14(20)19-15(17)18-13/h4-8H,1-3H3,(H3,17,18,19,20). The molecule has 0 aliphatic rings. The van der Waals surface area contributed by atoms with Gasteiger partial charge in [0.2, 0.25) is 11.8 Å². The number of nitrogens with zero attached hydrogens (tertiary/aromatic N) is 2. The first-order valence-corrected chi connectivity index (χ1v) is 6.55. The van der Waals surface area contributed by atoms with Crippen LogP contribution in [0.25, 0.3) is 21.7 Å². The number of benzene rings is 2. The fraction of sp³-hybridized carbons (Fsp3) is 0.250. The zero-order valence-electron chi connectivity index (χ0n) is 11.8. The number of aromatic hydroxyl groups is 1. The fourth-order valence-electron chi connectivity index (χ4n) is 2.34. The summed E-state index contributed by atoms with van der Waals surface area (Å²) in [6, 6.07) is 10.2. The van der Waals surface area contributed by atoms with Gasteiger partial charge in [0.1, 0.15) is 0 Å². The van der Waals surface area contributed by atoms with Crippen molar-refractivity contribution in [1.82, 2.24) is 9.97 Å². The maximum Gasteiger partial charge on any atom is 0.223 e. The van der Waals surface area contributed by atoms with Crippen LogP contribution >= 0.6 is 0 Å². The summed E-state index contributed by atoms with van der Waals surface area (Å²) in [5, 5.41) is 12.7. The predicted molar refractivity (Wildman–Crippen MR) is 81.8 cm³/mol. The van der Waals surface area contributed by atoms with Crippen LogP contribution in [0.1, 0.15) is 26.3 Å². The van der Waals surface area contributed by atoms with E-state index in [9.17, 15) is 5.11 Å². The number of aromatic nitrogens is 2. The van der Waals surface area contributed by atoms with Gasteiger partial charge in [0.15, 0.2) is 0 Å². The van der Waals surface area contributed by atoms with Gasteiger partial charge in [-0.15, -0.1) is 0 Å². The van der Waals surface area contributed by atoms with Crippen molar-refractivity contribution in [2.45, 2.75) is 26.2 Å². The Balaban J connectivity index is 2.34. The third-order valence-electron chi connectivity index (χ3n) is 3.52. The summed E-state index contributed by atoms with van der Waals surface area (Å²) < 4.78 is 0. The Morgan fingerprint density at radius 3 is 2.45 bits per heavy atom. The second-order valence-corrected chi connectivity index (χ2v) is 6.09. The summed E-state index contributed by atoms with van der Waals surface area (Å²) in [4.78, 5) is 7.97. The quantitative estimate of drug-likeness (QED) is 0.612. The Labute approximate surface area is 117 Å². The van der Waals surface area contributed by atoms with Crippen LogP contribution in [0.15, 0.2) is 30.3 Å². The molecule has 0 bridgehead atoms. The zero-order valence-corrected chi connectivity index (χ0v) is 11.8. The van der Waals surface area contributed by atoms with E-state index in [1.807, 2.05) is 12.1 Å². The summed E-state index contributed by atoms with van der Waals surface area (Å²) >= 11 is 0. The zero-order chi connectivity index (χ0) is 14.5. The summed E-state index contributed by atoms with van der Waals surface area (Å²) in [5.74, 6) is 0.0104. The van der Waals surface area contributed by atoms with Crippen molar-refractivity contribution in [2.75, 3.05) is 5.73 Å². The van der Waals surface area contributed by atoms with E-state index in [0.717, 1.165) is 10.8 Å². The van der Waals surface area contributed by atoms with E-state index >= 15 is 0 Å². The van der Waals surface area contributed by atoms with Gasteiger partial charge < -0.3 is 10.8 Å². The normalized spacial score (nSPS) is 12.2. The van der Waals surface area contributed by atoms with E-state index in [4.69, 9.17) is 5.73 Å². The van der Waals surface area contributed by atoms with Crippen LogP contribution in [0.5, 0.6) is 5.88 Å². The predicted octanol–water partition coefficient (Wildman–Crippen LogP) is 3.37. The number of anilines is 1. The van der Waals surface area contributed by atoms with Crippen LogP contribution in [0.4, 0.5) is 5.95 Å². The van der Waals surface area contributed by atoms with Gasteiger partial charge >= 0.3 is 0 Å². The topological polar surface area (TPSA) is 72.0 Å². The lowest BCUT2D eigenvalue weighted by atomic mass is 9.86. The molecule has 0 atom stereocenters. The molecule has 4 heteroatoms. The summed E-state index contributed by atoms with van der Waals surface area (Å²) in [6.07, 6.45) is 0. The van der Waals surface area contributed by atoms with Gasteiger partial charge in [0.05, 0.1) is 10.9 Å². The maximum absolute atomic E-state index is 9.91. The van der Waals surface area contributed by atoms with Crippen molar-refractivity contribution in [3.63, 3.8) is 0 Å². The van der Waals surface area contributed by atoms with Gasteiger partial charge in [-0.05, 0) is 33.9 Å². The van der Waals surface area contributed by atoms with Gasteiger partial charge in [0.25, 0.3) is 0 Å². The highest BCUT2D eigenvalue weighted by Gasteiger charge is 2.14. The lowest BCUT2D eigenvalue weighted by molar-refractivity contribution is 0.460. The molecule has 20 heavy (non-hydrogen) atoms. The molecule has 3 rings (SSSR count). The molecule has 0 saturated carbocycles. The van der Waals surface area contributed by atoms with Gasteiger partial charge in [-0.3, -0.25) is 0 Å². The molecule has 3 N–H and O–H groups in total. The number of nitrogen functional groups attached to an aromatic ring is 1. The molecule has 1 aromatic heterocycles. The molecule has 0 aliphatic heterocycles. The van der Waals surface area contributed by atoms with Gasteiger partial charge in [0, 0.05) is 0 Å². The van der Waals surface area contributed by atoms with E-state index in [1.54, 1.807) is 0 Å². The van der Waals surface area contributed by atoms with Crippen LogP contribution in [0.3, 0.4) is 0 Å². The summed E-state index contributed by atoms with van der Waals surface area (Å²) in [5.41, 5.74) is 7.56. The molecule has 0 fully saturated rings. The van der Waals surface area contributed by atoms with Crippen LogP contribution in [-0.2, 0) is 5.41 Å². The Morgan fingerprint density at radius 2 is 1.75 bits per heavy atom. The maximum atomic E-state index is 9.91. The number of rotatable bonds is 0. The first kappa shape index (κ1) is 12.7. The van der Waals surface area contributed by atoms with Crippen LogP contribution in [0.2, 0.25) is 0 Å². The molecule has 0 spiro atoms. The molecule has 0 aliphatic carbocycles. The minimum Gasteiger partial charge on any atom is -0.493 e. The highest BCUT2D eigenvalue weighted by Crippen LogP contribution is 2.30. The molecule has 0 radical (unpaired) electrons. The Hall–Kier alpha value is -2.36. The Kier molecular flexibility index (Phi) is 2.57. The van der Waals surface area contributed by atoms with Gasteiger partial charge in [-0.25, -0.2) is 4.98 Å². The third kappa shape index (κ3) is 2.03. The highest BCUT2D eigenvalue weighted by atomic mass is 16.3. The molecule has 4 nitrogen and oxygen atoms in total. The van der Waals surface area contributed by atoms with E-state index < -0.39 is 0 Å². The Bertz CT molecular complexity index is 819. The molecule has 102 valence electrons. The SMILES string of the molecule is CC(C)(C)c1ccc2cc3nc(N)nc(O)c3cc2c1. The van der Waals surface area contributed by atoms with Gasteiger partial charge in [-0.2, -0.15) is 4.98 Å². The number of fused-ring (bicyclic) bond motifs is 2. The minimum absolute atomic E-state index is 0.0736. The lowest BCUT2D eigenvalue weighted by Gasteiger charge is -2.19. The van der Waals surface area contributed by atoms with E-state index in [1.165, 1.54) is 5.56 Å². The molecule has 1 heterocycles. The number of hydrogen-bond donors (Lipinski definition) is 2. The lowest BCUT2D eigenvalue weighted by Crippen LogP contribution is -2.10. The number of hydrogen-bond acceptors (Lipinski definition) is 4. The van der Waals surface area contributed by atoms with Crippen molar-refractivity contribution in [3.8, 4) is 5.88 Å². The molecule has 0 amide bonds. The second kappa shape index (κ2) is 4.07.